The maximum atomic E-state index is 11.9. The summed E-state index contributed by atoms with van der Waals surface area (Å²) in [6.45, 7) is 3.74. The van der Waals surface area contributed by atoms with Gasteiger partial charge in [-0.3, -0.25) is 9.59 Å². The molecule has 0 aliphatic rings. The van der Waals surface area contributed by atoms with Crippen molar-refractivity contribution in [3.63, 3.8) is 0 Å². The summed E-state index contributed by atoms with van der Waals surface area (Å²) in [5, 5.41) is 3.94. The Morgan fingerprint density at radius 1 is 1.33 bits per heavy atom. The van der Waals surface area contributed by atoms with Crippen molar-refractivity contribution in [2.75, 3.05) is 6.54 Å². The lowest BCUT2D eigenvalue weighted by atomic mass is 10.2. The van der Waals surface area contributed by atoms with Crippen LogP contribution in [0.4, 0.5) is 0 Å². The minimum atomic E-state index is -0.375. The average molecular weight is 310 g/mol. The van der Waals surface area contributed by atoms with E-state index in [2.05, 4.69) is 5.32 Å². The van der Waals surface area contributed by atoms with Crippen LogP contribution in [0, 0.1) is 0 Å². The van der Waals surface area contributed by atoms with Gasteiger partial charge in [0, 0.05) is 17.0 Å². The molecule has 0 spiro atoms. The van der Waals surface area contributed by atoms with Gasteiger partial charge in [-0.1, -0.05) is 11.6 Å². The number of rotatable bonds is 5. The minimum Gasteiger partial charge on any atom is -0.463 e. The Bertz CT molecular complexity index is 663. The second kappa shape index (κ2) is 6.63. The summed E-state index contributed by atoms with van der Waals surface area (Å²) in [5.74, 6) is -0.536. The van der Waals surface area contributed by atoms with Crippen LogP contribution in [0.2, 0.25) is 5.02 Å². The number of hydrogen-bond donors (Lipinski definition) is 1. The SMILES string of the molecule is CC(C)OC(=O)CCNC(=O)c1cc2cc(Cl)ccc2o1. The average Bonchev–Trinajstić information content (AvgIpc) is 2.80. The maximum absolute atomic E-state index is 11.9. The molecule has 0 atom stereocenters. The summed E-state index contributed by atoms with van der Waals surface area (Å²) in [5.41, 5.74) is 0.587. The van der Waals surface area contributed by atoms with E-state index in [0.29, 0.717) is 10.6 Å². The molecule has 0 fully saturated rings. The maximum Gasteiger partial charge on any atom is 0.307 e. The normalized spacial score (nSPS) is 10.9. The third kappa shape index (κ3) is 4.23. The lowest BCUT2D eigenvalue weighted by Crippen LogP contribution is -2.26. The highest BCUT2D eigenvalue weighted by atomic mass is 35.5. The Morgan fingerprint density at radius 3 is 2.81 bits per heavy atom. The van der Waals surface area contributed by atoms with Crippen LogP contribution in [0.5, 0.6) is 0 Å². The second-order valence-electron chi connectivity index (χ2n) is 4.84. The Hall–Kier alpha value is -2.01. The number of esters is 1. The van der Waals surface area contributed by atoms with Gasteiger partial charge in [-0.25, -0.2) is 0 Å². The smallest absolute Gasteiger partial charge is 0.307 e. The molecule has 5 nitrogen and oxygen atoms in total. The van der Waals surface area contributed by atoms with Crippen molar-refractivity contribution >= 4 is 34.4 Å². The molecule has 0 unspecified atom stereocenters. The minimum absolute atomic E-state index is 0.121. The van der Waals surface area contributed by atoms with Gasteiger partial charge < -0.3 is 14.5 Å². The van der Waals surface area contributed by atoms with E-state index in [1.807, 2.05) is 0 Å². The van der Waals surface area contributed by atoms with Gasteiger partial charge in [0.1, 0.15) is 5.58 Å². The highest BCUT2D eigenvalue weighted by Gasteiger charge is 2.13. The fourth-order valence-electron chi connectivity index (χ4n) is 1.81. The van der Waals surface area contributed by atoms with Gasteiger partial charge in [-0.05, 0) is 38.1 Å². The molecule has 1 heterocycles. The number of carbonyl (C=O) groups is 2. The molecule has 21 heavy (non-hydrogen) atoms. The van der Waals surface area contributed by atoms with E-state index in [0.717, 1.165) is 5.39 Å². The van der Waals surface area contributed by atoms with E-state index >= 15 is 0 Å². The zero-order valence-electron chi connectivity index (χ0n) is 11.8. The highest BCUT2D eigenvalue weighted by molar-refractivity contribution is 6.31. The molecule has 112 valence electrons. The molecule has 2 rings (SSSR count). The van der Waals surface area contributed by atoms with E-state index in [9.17, 15) is 9.59 Å². The molecular formula is C15H16ClNO4. The summed E-state index contributed by atoms with van der Waals surface area (Å²) in [7, 11) is 0. The van der Waals surface area contributed by atoms with Crippen LogP contribution in [-0.2, 0) is 9.53 Å². The van der Waals surface area contributed by atoms with Crippen molar-refractivity contribution in [1.82, 2.24) is 5.32 Å². The largest absolute Gasteiger partial charge is 0.463 e. The molecule has 0 aliphatic heterocycles. The van der Waals surface area contributed by atoms with Crippen LogP contribution >= 0.6 is 11.6 Å². The van der Waals surface area contributed by atoms with Gasteiger partial charge in [-0.2, -0.15) is 0 Å². The number of ether oxygens (including phenoxy) is 1. The van der Waals surface area contributed by atoms with Gasteiger partial charge in [0.15, 0.2) is 5.76 Å². The highest BCUT2D eigenvalue weighted by Crippen LogP contribution is 2.22. The van der Waals surface area contributed by atoms with Gasteiger partial charge >= 0.3 is 5.97 Å². The van der Waals surface area contributed by atoms with Crippen molar-refractivity contribution < 1.29 is 18.7 Å². The van der Waals surface area contributed by atoms with E-state index in [4.69, 9.17) is 20.8 Å². The van der Waals surface area contributed by atoms with E-state index in [1.165, 1.54) is 0 Å². The Balaban J connectivity index is 1.91. The van der Waals surface area contributed by atoms with Gasteiger partial charge in [0.2, 0.25) is 0 Å². The van der Waals surface area contributed by atoms with Crippen molar-refractivity contribution in [2.24, 2.45) is 0 Å². The summed E-state index contributed by atoms with van der Waals surface area (Å²) in [6.07, 6.45) is -0.0380. The van der Waals surface area contributed by atoms with Crippen LogP contribution in [0.15, 0.2) is 28.7 Å². The molecule has 0 saturated heterocycles. The molecule has 1 N–H and O–H groups in total. The van der Waals surface area contributed by atoms with Crippen LogP contribution in [0.25, 0.3) is 11.0 Å². The van der Waals surface area contributed by atoms with Gasteiger partial charge in [-0.15, -0.1) is 0 Å². The predicted molar refractivity (Wildman–Crippen MR) is 79.4 cm³/mol. The standard InChI is InChI=1S/C15H16ClNO4/c1-9(2)20-14(18)5-6-17-15(19)13-8-10-7-11(16)3-4-12(10)21-13/h3-4,7-9H,5-6H2,1-2H3,(H,17,19). The number of benzene rings is 1. The molecule has 1 amide bonds. The van der Waals surface area contributed by atoms with Crippen LogP contribution in [0.1, 0.15) is 30.8 Å². The number of nitrogens with one attached hydrogen (secondary N) is 1. The van der Waals surface area contributed by atoms with Crippen LogP contribution in [-0.4, -0.2) is 24.5 Å². The second-order valence-corrected chi connectivity index (χ2v) is 5.27. The fraction of sp³-hybridized carbons (Fsp3) is 0.333. The Morgan fingerprint density at radius 2 is 2.10 bits per heavy atom. The monoisotopic (exact) mass is 309 g/mol. The molecule has 1 aromatic heterocycles. The number of carbonyl (C=O) groups excluding carboxylic acids is 2. The Labute approximate surface area is 127 Å². The summed E-state index contributed by atoms with van der Waals surface area (Å²) in [4.78, 5) is 23.3. The van der Waals surface area contributed by atoms with Crippen LogP contribution in [0.3, 0.4) is 0 Å². The zero-order chi connectivity index (χ0) is 15.4. The first kappa shape index (κ1) is 15.4. The van der Waals surface area contributed by atoms with Crippen molar-refractivity contribution in [3.8, 4) is 0 Å². The molecule has 0 bridgehead atoms. The molecule has 0 aliphatic carbocycles. The topological polar surface area (TPSA) is 68.5 Å². The van der Waals surface area contributed by atoms with Gasteiger partial charge in [0.25, 0.3) is 5.91 Å². The molecule has 0 radical (unpaired) electrons. The lowest BCUT2D eigenvalue weighted by molar-refractivity contribution is -0.147. The number of amides is 1. The first-order chi connectivity index (χ1) is 9.95. The van der Waals surface area contributed by atoms with E-state index in [-0.39, 0.29) is 36.7 Å². The first-order valence-corrected chi connectivity index (χ1v) is 7.00. The lowest BCUT2D eigenvalue weighted by Gasteiger charge is -2.07. The van der Waals surface area contributed by atoms with Crippen molar-refractivity contribution in [1.29, 1.82) is 0 Å². The van der Waals surface area contributed by atoms with Crippen molar-refractivity contribution in [3.05, 3.63) is 35.0 Å². The zero-order valence-corrected chi connectivity index (χ0v) is 12.6. The molecule has 6 heteroatoms. The quantitative estimate of drug-likeness (QED) is 0.861. The van der Waals surface area contributed by atoms with E-state index < -0.39 is 0 Å². The number of furan rings is 1. The van der Waals surface area contributed by atoms with Crippen molar-refractivity contribution in [2.45, 2.75) is 26.4 Å². The van der Waals surface area contributed by atoms with Gasteiger partial charge in [0.05, 0.1) is 12.5 Å². The Kier molecular flexibility index (Phi) is 4.85. The van der Waals surface area contributed by atoms with E-state index in [1.54, 1.807) is 38.1 Å². The summed E-state index contributed by atoms with van der Waals surface area (Å²) >= 11 is 5.87. The molecule has 2 aromatic rings. The third-order valence-corrected chi connectivity index (χ3v) is 2.92. The fourth-order valence-corrected chi connectivity index (χ4v) is 1.99. The number of hydrogen-bond acceptors (Lipinski definition) is 4. The summed E-state index contributed by atoms with van der Waals surface area (Å²) < 4.78 is 10.4. The molecular weight excluding hydrogens is 294 g/mol. The van der Waals surface area contributed by atoms with Crippen LogP contribution < -0.4 is 5.32 Å². The third-order valence-electron chi connectivity index (χ3n) is 2.68. The predicted octanol–water partition coefficient (Wildman–Crippen LogP) is 3.16. The molecule has 0 saturated carbocycles. The first-order valence-electron chi connectivity index (χ1n) is 6.62. The summed E-state index contributed by atoms with van der Waals surface area (Å²) in [6, 6.07) is 6.73. The molecule has 1 aromatic carbocycles. The number of halogens is 1. The number of fused-ring (bicyclic) bond motifs is 1.